The van der Waals surface area contributed by atoms with E-state index >= 15 is 0 Å². The van der Waals surface area contributed by atoms with E-state index in [1.54, 1.807) is 17.8 Å². The highest BCUT2D eigenvalue weighted by molar-refractivity contribution is 6.05. The number of anilines is 1. The van der Waals surface area contributed by atoms with Gasteiger partial charge in [0.05, 0.1) is 23.4 Å². The van der Waals surface area contributed by atoms with Crippen molar-refractivity contribution < 1.29 is 9.53 Å². The SMILES string of the molecule is CCOC(=O)c1cnc2c(c(C)nn2C)c1NC(C)CC. The Bertz CT molecular complexity index is 663. The second-order valence-corrected chi connectivity index (χ2v) is 5.13. The van der Waals surface area contributed by atoms with E-state index in [0.29, 0.717) is 12.2 Å². The number of aromatic nitrogens is 3. The first-order valence-corrected chi connectivity index (χ1v) is 7.25. The van der Waals surface area contributed by atoms with E-state index in [1.807, 2.05) is 14.0 Å². The Morgan fingerprint density at radius 2 is 2.19 bits per heavy atom. The summed E-state index contributed by atoms with van der Waals surface area (Å²) in [6.07, 6.45) is 2.51. The summed E-state index contributed by atoms with van der Waals surface area (Å²) in [5.74, 6) is -0.360. The lowest BCUT2D eigenvalue weighted by Crippen LogP contribution is -2.18. The summed E-state index contributed by atoms with van der Waals surface area (Å²) >= 11 is 0. The Morgan fingerprint density at radius 3 is 2.81 bits per heavy atom. The molecule has 0 radical (unpaired) electrons. The molecule has 0 fully saturated rings. The van der Waals surface area contributed by atoms with Gasteiger partial charge in [0, 0.05) is 19.3 Å². The number of nitrogens with zero attached hydrogens (tertiary/aromatic N) is 3. The fraction of sp³-hybridized carbons (Fsp3) is 0.533. The third kappa shape index (κ3) is 2.84. The van der Waals surface area contributed by atoms with Crippen LogP contribution in [0.5, 0.6) is 0 Å². The molecule has 6 heteroatoms. The van der Waals surface area contributed by atoms with Crippen molar-refractivity contribution in [2.75, 3.05) is 11.9 Å². The number of hydrogen-bond donors (Lipinski definition) is 1. The molecule has 2 rings (SSSR count). The number of esters is 1. The van der Waals surface area contributed by atoms with Crippen molar-refractivity contribution in [3.63, 3.8) is 0 Å². The third-order valence-corrected chi connectivity index (χ3v) is 3.53. The molecule has 114 valence electrons. The average Bonchev–Trinajstić information content (AvgIpc) is 2.74. The predicted molar refractivity (Wildman–Crippen MR) is 82.6 cm³/mol. The van der Waals surface area contributed by atoms with Gasteiger partial charge in [0.2, 0.25) is 0 Å². The number of carbonyl (C=O) groups excluding carboxylic acids is 1. The molecule has 0 amide bonds. The van der Waals surface area contributed by atoms with Crippen molar-refractivity contribution in [3.05, 3.63) is 17.5 Å². The van der Waals surface area contributed by atoms with Crippen LogP contribution in [0.15, 0.2) is 6.20 Å². The van der Waals surface area contributed by atoms with Crippen LogP contribution >= 0.6 is 0 Å². The molecule has 2 aromatic heterocycles. The molecule has 0 aliphatic carbocycles. The zero-order valence-corrected chi connectivity index (χ0v) is 13.2. The van der Waals surface area contributed by atoms with E-state index in [4.69, 9.17) is 4.74 Å². The van der Waals surface area contributed by atoms with Crippen LogP contribution < -0.4 is 5.32 Å². The lowest BCUT2D eigenvalue weighted by molar-refractivity contribution is 0.0527. The molecule has 1 N–H and O–H groups in total. The van der Waals surface area contributed by atoms with E-state index < -0.39 is 0 Å². The van der Waals surface area contributed by atoms with Crippen LogP contribution in [0.4, 0.5) is 5.69 Å². The molecule has 0 bridgehead atoms. The summed E-state index contributed by atoms with van der Waals surface area (Å²) in [5.41, 5.74) is 2.82. The second-order valence-electron chi connectivity index (χ2n) is 5.13. The zero-order valence-electron chi connectivity index (χ0n) is 13.2. The number of ether oxygens (including phenoxy) is 1. The maximum Gasteiger partial charge on any atom is 0.341 e. The molecule has 0 spiro atoms. The van der Waals surface area contributed by atoms with Gasteiger partial charge in [-0.15, -0.1) is 0 Å². The molecular formula is C15H22N4O2. The summed E-state index contributed by atoms with van der Waals surface area (Å²) in [5, 5.41) is 8.67. The molecule has 0 aromatic carbocycles. The lowest BCUT2D eigenvalue weighted by atomic mass is 10.1. The Hall–Kier alpha value is -2.11. The van der Waals surface area contributed by atoms with Crippen molar-refractivity contribution in [1.82, 2.24) is 14.8 Å². The first-order chi connectivity index (χ1) is 9.99. The Morgan fingerprint density at radius 1 is 1.48 bits per heavy atom. The summed E-state index contributed by atoms with van der Waals surface area (Å²) in [4.78, 5) is 16.5. The first-order valence-electron chi connectivity index (χ1n) is 7.25. The van der Waals surface area contributed by atoms with Crippen LogP contribution in [-0.4, -0.2) is 33.4 Å². The van der Waals surface area contributed by atoms with Crippen molar-refractivity contribution in [3.8, 4) is 0 Å². The smallest absolute Gasteiger partial charge is 0.341 e. The Balaban J connectivity index is 2.65. The van der Waals surface area contributed by atoms with E-state index in [-0.39, 0.29) is 12.0 Å². The maximum atomic E-state index is 12.2. The predicted octanol–water partition coefficient (Wildman–Crippen LogP) is 2.66. The maximum absolute atomic E-state index is 12.2. The topological polar surface area (TPSA) is 69.0 Å². The van der Waals surface area contributed by atoms with Crippen molar-refractivity contribution in [2.24, 2.45) is 7.05 Å². The molecule has 6 nitrogen and oxygen atoms in total. The van der Waals surface area contributed by atoms with Gasteiger partial charge >= 0.3 is 5.97 Å². The average molecular weight is 290 g/mol. The fourth-order valence-electron chi connectivity index (χ4n) is 2.27. The van der Waals surface area contributed by atoms with Crippen LogP contribution in [0, 0.1) is 6.92 Å². The molecule has 21 heavy (non-hydrogen) atoms. The van der Waals surface area contributed by atoms with Crippen LogP contribution in [-0.2, 0) is 11.8 Å². The van der Waals surface area contributed by atoms with Crippen molar-refractivity contribution >= 4 is 22.7 Å². The van der Waals surface area contributed by atoms with Crippen molar-refractivity contribution in [1.29, 1.82) is 0 Å². The quantitative estimate of drug-likeness (QED) is 0.857. The molecule has 0 aliphatic rings. The highest BCUT2D eigenvalue weighted by Gasteiger charge is 2.21. The standard InChI is InChI=1S/C15H22N4O2/c1-6-9(3)17-13-11(15(20)21-7-2)8-16-14-12(13)10(4)18-19(14)5/h8-9H,6-7H2,1-5H3,(H,16,17). The Kier molecular flexibility index (Phi) is 4.45. The van der Waals surface area contributed by atoms with Gasteiger partial charge in [-0.1, -0.05) is 6.92 Å². The minimum Gasteiger partial charge on any atom is -0.462 e. The summed E-state index contributed by atoms with van der Waals surface area (Å²) in [6.45, 7) is 8.22. The molecule has 2 aromatic rings. The number of pyridine rings is 1. The first kappa shape index (κ1) is 15.3. The van der Waals surface area contributed by atoms with E-state index in [2.05, 4.69) is 29.2 Å². The molecule has 0 saturated heterocycles. The zero-order chi connectivity index (χ0) is 15.6. The van der Waals surface area contributed by atoms with Gasteiger partial charge in [0.1, 0.15) is 5.56 Å². The Labute approximate surface area is 124 Å². The van der Waals surface area contributed by atoms with E-state index in [9.17, 15) is 4.79 Å². The normalized spacial score (nSPS) is 12.4. The minimum absolute atomic E-state index is 0.239. The van der Waals surface area contributed by atoms with E-state index in [0.717, 1.165) is 28.8 Å². The molecule has 0 saturated carbocycles. The van der Waals surface area contributed by atoms with Gasteiger partial charge < -0.3 is 10.1 Å². The largest absolute Gasteiger partial charge is 0.462 e. The number of rotatable bonds is 5. The van der Waals surface area contributed by atoms with E-state index in [1.165, 1.54) is 0 Å². The summed E-state index contributed by atoms with van der Waals surface area (Å²) in [6, 6.07) is 0.239. The lowest BCUT2D eigenvalue weighted by Gasteiger charge is -2.17. The van der Waals surface area contributed by atoms with Gasteiger partial charge in [-0.25, -0.2) is 9.78 Å². The summed E-state index contributed by atoms with van der Waals surface area (Å²) < 4.78 is 6.86. The number of aryl methyl sites for hydroxylation is 2. The van der Waals surface area contributed by atoms with Gasteiger partial charge in [-0.05, 0) is 27.2 Å². The highest BCUT2D eigenvalue weighted by Crippen LogP contribution is 2.29. The monoisotopic (exact) mass is 290 g/mol. The van der Waals surface area contributed by atoms with Crippen molar-refractivity contribution in [2.45, 2.75) is 40.2 Å². The highest BCUT2D eigenvalue weighted by atomic mass is 16.5. The number of hydrogen-bond acceptors (Lipinski definition) is 5. The molecule has 2 heterocycles. The van der Waals surface area contributed by atoms with Gasteiger partial charge in [-0.3, -0.25) is 4.68 Å². The van der Waals surface area contributed by atoms with Crippen LogP contribution in [0.1, 0.15) is 43.2 Å². The molecule has 0 aliphatic heterocycles. The van der Waals surface area contributed by atoms with Crippen LogP contribution in [0.3, 0.4) is 0 Å². The second kappa shape index (κ2) is 6.11. The molecular weight excluding hydrogens is 268 g/mol. The van der Waals surface area contributed by atoms with Gasteiger partial charge in [0.15, 0.2) is 5.65 Å². The third-order valence-electron chi connectivity index (χ3n) is 3.53. The van der Waals surface area contributed by atoms with Crippen LogP contribution in [0.25, 0.3) is 11.0 Å². The van der Waals surface area contributed by atoms with Gasteiger partial charge in [0.25, 0.3) is 0 Å². The summed E-state index contributed by atoms with van der Waals surface area (Å²) in [7, 11) is 1.85. The number of carbonyl (C=O) groups is 1. The molecule has 1 atom stereocenters. The fourth-order valence-corrected chi connectivity index (χ4v) is 2.27. The van der Waals surface area contributed by atoms with Crippen LogP contribution in [0.2, 0.25) is 0 Å². The molecule has 1 unspecified atom stereocenters. The van der Waals surface area contributed by atoms with Gasteiger partial charge in [-0.2, -0.15) is 5.10 Å². The number of fused-ring (bicyclic) bond motifs is 1. The number of nitrogens with one attached hydrogen (secondary N) is 1. The minimum atomic E-state index is -0.360.